The molecule has 1 aromatic heterocycles. The van der Waals surface area contributed by atoms with Crippen molar-refractivity contribution >= 4 is 28.4 Å². The summed E-state index contributed by atoms with van der Waals surface area (Å²) in [7, 11) is 0. The van der Waals surface area contributed by atoms with E-state index in [4.69, 9.17) is 0 Å². The van der Waals surface area contributed by atoms with Gasteiger partial charge in [0.1, 0.15) is 0 Å². The maximum atomic E-state index is 12.4. The fourth-order valence-corrected chi connectivity index (χ4v) is 2.82. The largest absolute Gasteiger partial charge is 0.326 e. The van der Waals surface area contributed by atoms with Crippen molar-refractivity contribution in [1.29, 1.82) is 0 Å². The lowest BCUT2D eigenvalue weighted by atomic mass is 10.0. The summed E-state index contributed by atoms with van der Waals surface area (Å²) in [5, 5.41) is 3.86. The van der Waals surface area contributed by atoms with Crippen LogP contribution in [0.5, 0.6) is 0 Å². The van der Waals surface area contributed by atoms with Crippen LogP contribution in [0.4, 0.5) is 5.69 Å². The Morgan fingerprint density at radius 1 is 0.960 bits per heavy atom. The van der Waals surface area contributed by atoms with Crippen molar-refractivity contribution in [2.24, 2.45) is 0 Å². The van der Waals surface area contributed by atoms with Gasteiger partial charge in [-0.15, -0.1) is 0 Å². The third-order valence-corrected chi connectivity index (χ3v) is 4.30. The number of nitrogens with zero attached hydrogens (tertiary/aromatic N) is 1. The molecule has 2 aromatic carbocycles. The number of carbonyl (C=O) groups excluding carboxylic acids is 2. The van der Waals surface area contributed by atoms with Crippen LogP contribution in [0.25, 0.3) is 10.9 Å². The molecule has 4 heteroatoms. The van der Waals surface area contributed by atoms with Crippen LogP contribution in [0, 0.1) is 0 Å². The number of anilines is 1. The molecule has 0 unspecified atom stereocenters. The monoisotopic (exact) mass is 334 g/mol. The van der Waals surface area contributed by atoms with Crippen LogP contribution in [-0.2, 0) is 4.79 Å². The van der Waals surface area contributed by atoms with Gasteiger partial charge in [-0.05, 0) is 35.7 Å². The highest BCUT2D eigenvalue weighted by Crippen LogP contribution is 2.18. The lowest BCUT2D eigenvalue weighted by molar-refractivity contribution is -0.116. The molecule has 0 aliphatic carbocycles. The molecule has 0 fully saturated rings. The summed E-state index contributed by atoms with van der Waals surface area (Å²) in [6.45, 7) is 4.26. The number of benzene rings is 2. The minimum absolute atomic E-state index is 0.0773. The predicted molar refractivity (Wildman–Crippen MR) is 101 cm³/mol. The highest BCUT2D eigenvalue weighted by Gasteiger charge is 2.11. The first-order valence-corrected chi connectivity index (χ1v) is 8.53. The van der Waals surface area contributed by atoms with E-state index in [0.717, 1.165) is 16.6 Å². The van der Waals surface area contributed by atoms with Crippen LogP contribution in [-0.4, -0.2) is 16.4 Å². The van der Waals surface area contributed by atoms with E-state index in [-0.39, 0.29) is 24.7 Å². The first kappa shape index (κ1) is 17.0. The zero-order valence-corrected chi connectivity index (χ0v) is 14.5. The maximum Gasteiger partial charge on any atom is 0.231 e. The lowest BCUT2D eigenvalue weighted by Gasteiger charge is -2.09. The average Bonchev–Trinajstić information content (AvgIpc) is 3.04. The summed E-state index contributed by atoms with van der Waals surface area (Å²) < 4.78 is 1.61. The summed E-state index contributed by atoms with van der Waals surface area (Å²) >= 11 is 0. The van der Waals surface area contributed by atoms with Gasteiger partial charge in [-0.1, -0.05) is 44.2 Å². The van der Waals surface area contributed by atoms with E-state index >= 15 is 0 Å². The van der Waals surface area contributed by atoms with Gasteiger partial charge in [0.05, 0.1) is 5.52 Å². The molecule has 25 heavy (non-hydrogen) atoms. The van der Waals surface area contributed by atoms with E-state index in [1.807, 2.05) is 54.6 Å². The van der Waals surface area contributed by atoms with Gasteiger partial charge in [-0.25, -0.2) is 0 Å². The lowest BCUT2D eigenvalue weighted by Crippen LogP contribution is -2.16. The van der Waals surface area contributed by atoms with Gasteiger partial charge in [0.15, 0.2) is 0 Å². The second-order valence-corrected chi connectivity index (χ2v) is 6.46. The number of hydrogen-bond acceptors (Lipinski definition) is 2. The fraction of sp³-hybridized carbons (Fsp3) is 0.238. The fourth-order valence-electron chi connectivity index (χ4n) is 2.82. The summed E-state index contributed by atoms with van der Waals surface area (Å²) in [6.07, 6.45) is 2.10. The normalized spacial score (nSPS) is 11.0. The molecular weight excluding hydrogens is 312 g/mol. The minimum atomic E-state index is -0.151. The summed E-state index contributed by atoms with van der Waals surface area (Å²) in [4.78, 5) is 24.5. The number of amides is 1. The second kappa shape index (κ2) is 7.34. The molecule has 128 valence electrons. The Kier molecular flexibility index (Phi) is 4.98. The van der Waals surface area contributed by atoms with Crippen LogP contribution in [0.2, 0.25) is 0 Å². The molecule has 0 saturated heterocycles. The zero-order valence-electron chi connectivity index (χ0n) is 14.5. The van der Waals surface area contributed by atoms with Crippen molar-refractivity contribution < 1.29 is 9.59 Å². The van der Waals surface area contributed by atoms with Gasteiger partial charge in [0.2, 0.25) is 11.8 Å². The molecular formula is C21H22N2O2. The van der Waals surface area contributed by atoms with Gasteiger partial charge in [0.25, 0.3) is 0 Å². The third-order valence-electron chi connectivity index (χ3n) is 4.30. The molecule has 1 heterocycles. The number of hydrogen-bond donors (Lipinski definition) is 1. The van der Waals surface area contributed by atoms with Gasteiger partial charge in [-0.3, -0.25) is 14.2 Å². The van der Waals surface area contributed by atoms with E-state index in [0.29, 0.717) is 5.92 Å². The molecule has 0 spiro atoms. The molecule has 1 amide bonds. The predicted octanol–water partition coefficient (Wildman–Crippen LogP) is 4.82. The quantitative estimate of drug-likeness (QED) is 0.727. The van der Waals surface area contributed by atoms with Crippen LogP contribution in [0.1, 0.15) is 43.0 Å². The molecule has 3 aromatic rings. The molecule has 0 atom stereocenters. The molecule has 0 aliphatic heterocycles. The third kappa shape index (κ3) is 3.97. The number of aromatic nitrogens is 1. The Balaban J connectivity index is 1.57. The van der Waals surface area contributed by atoms with E-state index in [9.17, 15) is 9.59 Å². The van der Waals surface area contributed by atoms with Gasteiger partial charge >= 0.3 is 0 Å². The van der Waals surface area contributed by atoms with Crippen molar-refractivity contribution in [2.75, 3.05) is 5.32 Å². The number of fused-ring (bicyclic) bond motifs is 1. The van der Waals surface area contributed by atoms with Gasteiger partial charge in [0, 0.05) is 30.1 Å². The first-order valence-electron chi connectivity index (χ1n) is 8.53. The second-order valence-electron chi connectivity index (χ2n) is 6.46. The van der Waals surface area contributed by atoms with Crippen LogP contribution < -0.4 is 5.32 Å². The van der Waals surface area contributed by atoms with Crippen molar-refractivity contribution in [3.8, 4) is 0 Å². The van der Waals surface area contributed by atoms with Crippen LogP contribution in [0.3, 0.4) is 0 Å². The van der Waals surface area contributed by atoms with Gasteiger partial charge < -0.3 is 5.32 Å². The molecule has 3 rings (SSSR count). The number of para-hydroxylation sites is 1. The molecule has 0 aliphatic rings. The van der Waals surface area contributed by atoms with Crippen LogP contribution >= 0.6 is 0 Å². The summed E-state index contributed by atoms with van der Waals surface area (Å²) in [6, 6.07) is 17.4. The maximum absolute atomic E-state index is 12.4. The Bertz CT molecular complexity index is 892. The first-order chi connectivity index (χ1) is 12.0. The van der Waals surface area contributed by atoms with Crippen molar-refractivity contribution in [1.82, 2.24) is 4.57 Å². The molecule has 0 bridgehead atoms. The van der Waals surface area contributed by atoms with E-state index in [2.05, 4.69) is 19.2 Å². The Labute approximate surface area is 147 Å². The van der Waals surface area contributed by atoms with Crippen molar-refractivity contribution in [3.63, 3.8) is 0 Å². The molecule has 0 saturated carbocycles. The van der Waals surface area contributed by atoms with E-state index in [1.54, 1.807) is 10.8 Å². The number of carbonyl (C=O) groups is 2. The highest BCUT2D eigenvalue weighted by molar-refractivity contribution is 5.96. The topological polar surface area (TPSA) is 51.1 Å². The van der Waals surface area contributed by atoms with Crippen molar-refractivity contribution in [3.05, 3.63) is 66.4 Å². The smallest absolute Gasteiger partial charge is 0.231 e. The number of nitrogens with one attached hydrogen (secondary N) is 1. The van der Waals surface area contributed by atoms with E-state index < -0.39 is 0 Å². The Hall–Kier alpha value is -2.88. The summed E-state index contributed by atoms with van der Waals surface area (Å²) in [5.41, 5.74) is 2.86. The standard InChI is InChI=1S/C21H22N2O2/c1-15(2)16-7-9-18(10-8-16)22-20(24)11-12-21(25)23-14-13-17-5-3-4-6-19(17)23/h3-10,13-15H,11-12H2,1-2H3,(H,22,24). The number of rotatable bonds is 5. The highest BCUT2D eigenvalue weighted by atomic mass is 16.2. The van der Waals surface area contributed by atoms with Crippen LogP contribution in [0.15, 0.2) is 60.8 Å². The Morgan fingerprint density at radius 3 is 2.40 bits per heavy atom. The summed E-state index contributed by atoms with van der Waals surface area (Å²) in [5.74, 6) is 0.229. The molecule has 4 nitrogen and oxygen atoms in total. The zero-order chi connectivity index (χ0) is 17.8. The molecule has 1 N–H and O–H groups in total. The Morgan fingerprint density at radius 2 is 1.68 bits per heavy atom. The van der Waals surface area contributed by atoms with E-state index in [1.165, 1.54) is 5.56 Å². The van der Waals surface area contributed by atoms with Crippen molar-refractivity contribution in [2.45, 2.75) is 32.6 Å². The van der Waals surface area contributed by atoms with Gasteiger partial charge in [-0.2, -0.15) is 0 Å². The average molecular weight is 334 g/mol. The molecule has 0 radical (unpaired) electrons. The minimum Gasteiger partial charge on any atom is -0.326 e. The SMILES string of the molecule is CC(C)c1ccc(NC(=O)CCC(=O)n2ccc3ccccc32)cc1.